The Bertz CT molecular complexity index is 504. The fraction of sp³-hybridized carbons (Fsp3) is 0.647. The van der Waals surface area contributed by atoms with Crippen molar-refractivity contribution in [2.75, 3.05) is 19.7 Å². The number of nitrogens with zero attached hydrogens (tertiary/aromatic N) is 1. The van der Waals surface area contributed by atoms with Crippen LogP contribution in [0.15, 0.2) is 12.1 Å². The molecule has 1 aromatic carbocycles. The number of fused-ring (bicyclic) bond motifs is 1. The first-order valence-corrected chi connectivity index (χ1v) is 8.09. The number of ether oxygens (including phenoxy) is 2. The Morgan fingerprint density at radius 3 is 3.05 bits per heavy atom. The maximum Gasteiger partial charge on any atom is 0.124 e. The largest absolute Gasteiger partial charge is 0.494 e. The molecule has 0 aliphatic carbocycles. The lowest BCUT2D eigenvalue weighted by Gasteiger charge is -2.31. The van der Waals surface area contributed by atoms with Crippen LogP contribution in [0.5, 0.6) is 11.5 Å². The molecule has 0 radical (unpaired) electrons. The molecule has 21 heavy (non-hydrogen) atoms. The van der Waals surface area contributed by atoms with Gasteiger partial charge in [-0.15, -0.1) is 0 Å². The molecule has 2 unspecified atom stereocenters. The van der Waals surface area contributed by atoms with Gasteiger partial charge in [0.1, 0.15) is 17.6 Å². The van der Waals surface area contributed by atoms with Crippen molar-refractivity contribution in [1.29, 1.82) is 0 Å². The number of rotatable bonds is 4. The lowest BCUT2D eigenvalue weighted by Crippen LogP contribution is -2.42. The molecule has 0 amide bonds. The SMILES string of the molecule is CCOc1cc2c(cc1CN1CCCC(N)C1)OC(C)C2. The van der Waals surface area contributed by atoms with Crippen molar-refractivity contribution in [2.45, 2.75) is 51.8 Å². The summed E-state index contributed by atoms with van der Waals surface area (Å²) in [6, 6.07) is 4.64. The molecule has 0 spiro atoms. The third-order valence-electron chi connectivity index (χ3n) is 4.31. The smallest absolute Gasteiger partial charge is 0.124 e. The van der Waals surface area contributed by atoms with Crippen LogP contribution in [-0.4, -0.2) is 36.7 Å². The average molecular weight is 290 g/mol. The molecule has 4 heteroatoms. The number of likely N-dealkylation sites (tertiary alicyclic amines) is 1. The van der Waals surface area contributed by atoms with Crippen LogP contribution in [0.2, 0.25) is 0 Å². The first-order chi connectivity index (χ1) is 10.2. The van der Waals surface area contributed by atoms with E-state index < -0.39 is 0 Å². The van der Waals surface area contributed by atoms with E-state index in [-0.39, 0.29) is 6.10 Å². The molecule has 1 saturated heterocycles. The van der Waals surface area contributed by atoms with Crippen LogP contribution in [0.1, 0.15) is 37.8 Å². The summed E-state index contributed by atoms with van der Waals surface area (Å²) in [6.07, 6.45) is 3.57. The lowest BCUT2D eigenvalue weighted by molar-refractivity contribution is 0.198. The van der Waals surface area contributed by atoms with Crippen molar-refractivity contribution in [3.8, 4) is 11.5 Å². The van der Waals surface area contributed by atoms with E-state index in [0.717, 1.165) is 44.0 Å². The lowest BCUT2D eigenvalue weighted by atomic mass is 10.0. The topological polar surface area (TPSA) is 47.7 Å². The van der Waals surface area contributed by atoms with Gasteiger partial charge in [0.05, 0.1) is 6.61 Å². The summed E-state index contributed by atoms with van der Waals surface area (Å²) in [4.78, 5) is 2.43. The number of hydrogen-bond donors (Lipinski definition) is 1. The number of hydrogen-bond acceptors (Lipinski definition) is 4. The van der Waals surface area contributed by atoms with E-state index in [0.29, 0.717) is 12.6 Å². The average Bonchev–Trinajstić information content (AvgIpc) is 2.78. The standard InChI is InChI=1S/C17H26N2O2/c1-3-20-16-8-13-7-12(2)21-17(13)9-14(16)10-19-6-4-5-15(18)11-19/h8-9,12,15H,3-7,10-11,18H2,1-2H3. The molecular formula is C17H26N2O2. The predicted octanol–water partition coefficient (Wildman–Crippen LogP) is 2.33. The van der Waals surface area contributed by atoms with Gasteiger partial charge in [-0.2, -0.15) is 0 Å². The monoisotopic (exact) mass is 290 g/mol. The fourth-order valence-corrected chi connectivity index (χ4v) is 3.37. The van der Waals surface area contributed by atoms with Crippen LogP contribution < -0.4 is 15.2 Å². The summed E-state index contributed by atoms with van der Waals surface area (Å²) in [6.45, 7) is 7.83. The van der Waals surface area contributed by atoms with Gasteiger partial charge in [0.2, 0.25) is 0 Å². The van der Waals surface area contributed by atoms with Gasteiger partial charge in [0, 0.05) is 36.7 Å². The highest BCUT2D eigenvalue weighted by Crippen LogP contribution is 2.35. The van der Waals surface area contributed by atoms with E-state index in [4.69, 9.17) is 15.2 Å². The van der Waals surface area contributed by atoms with E-state index in [9.17, 15) is 0 Å². The molecule has 0 saturated carbocycles. The third-order valence-corrected chi connectivity index (χ3v) is 4.31. The summed E-state index contributed by atoms with van der Waals surface area (Å²) in [5.41, 5.74) is 8.58. The van der Waals surface area contributed by atoms with Crippen molar-refractivity contribution >= 4 is 0 Å². The summed E-state index contributed by atoms with van der Waals surface area (Å²) >= 11 is 0. The van der Waals surface area contributed by atoms with E-state index in [1.807, 2.05) is 6.92 Å². The highest BCUT2D eigenvalue weighted by Gasteiger charge is 2.24. The van der Waals surface area contributed by atoms with Crippen LogP contribution in [-0.2, 0) is 13.0 Å². The Balaban J connectivity index is 1.81. The molecule has 1 aromatic rings. The number of piperidine rings is 1. The van der Waals surface area contributed by atoms with Gasteiger partial charge in [0.25, 0.3) is 0 Å². The fourth-order valence-electron chi connectivity index (χ4n) is 3.37. The first-order valence-electron chi connectivity index (χ1n) is 8.09. The number of benzene rings is 1. The summed E-state index contributed by atoms with van der Waals surface area (Å²) in [5.74, 6) is 2.04. The number of nitrogens with two attached hydrogens (primary N) is 1. The second-order valence-corrected chi connectivity index (χ2v) is 6.27. The van der Waals surface area contributed by atoms with Gasteiger partial charge in [-0.1, -0.05) is 0 Å². The molecule has 2 N–H and O–H groups in total. The third kappa shape index (κ3) is 3.33. The van der Waals surface area contributed by atoms with Crippen molar-refractivity contribution in [2.24, 2.45) is 5.73 Å². The Kier molecular flexibility index (Phi) is 4.36. The normalized spacial score (nSPS) is 25.5. The second kappa shape index (κ2) is 6.24. The van der Waals surface area contributed by atoms with Gasteiger partial charge < -0.3 is 15.2 Å². The molecule has 2 aliphatic rings. The first kappa shape index (κ1) is 14.7. The summed E-state index contributed by atoms with van der Waals surface area (Å²) in [7, 11) is 0. The zero-order chi connectivity index (χ0) is 14.8. The van der Waals surface area contributed by atoms with Crippen molar-refractivity contribution in [3.63, 3.8) is 0 Å². The van der Waals surface area contributed by atoms with Crippen LogP contribution in [0.4, 0.5) is 0 Å². The molecule has 0 bridgehead atoms. The highest BCUT2D eigenvalue weighted by molar-refractivity contribution is 5.48. The Hall–Kier alpha value is -1.26. The molecule has 3 rings (SSSR count). The minimum Gasteiger partial charge on any atom is -0.494 e. The van der Waals surface area contributed by atoms with E-state index in [1.54, 1.807) is 0 Å². The molecule has 2 heterocycles. The van der Waals surface area contributed by atoms with Gasteiger partial charge in [-0.3, -0.25) is 4.90 Å². The molecule has 0 aromatic heterocycles. The molecule has 1 fully saturated rings. The van der Waals surface area contributed by atoms with E-state index >= 15 is 0 Å². The Labute approximate surface area is 127 Å². The van der Waals surface area contributed by atoms with Crippen LogP contribution in [0, 0.1) is 0 Å². The Morgan fingerprint density at radius 1 is 1.43 bits per heavy atom. The van der Waals surface area contributed by atoms with Crippen LogP contribution >= 0.6 is 0 Å². The van der Waals surface area contributed by atoms with E-state index in [1.165, 1.54) is 17.5 Å². The molecule has 4 nitrogen and oxygen atoms in total. The summed E-state index contributed by atoms with van der Waals surface area (Å²) in [5, 5.41) is 0. The van der Waals surface area contributed by atoms with Crippen LogP contribution in [0.3, 0.4) is 0 Å². The maximum absolute atomic E-state index is 6.09. The van der Waals surface area contributed by atoms with E-state index in [2.05, 4.69) is 24.0 Å². The summed E-state index contributed by atoms with van der Waals surface area (Å²) < 4.78 is 11.7. The highest BCUT2D eigenvalue weighted by atomic mass is 16.5. The van der Waals surface area contributed by atoms with Gasteiger partial charge in [-0.25, -0.2) is 0 Å². The minimum absolute atomic E-state index is 0.271. The minimum atomic E-state index is 0.271. The zero-order valence-corrected chi connectivity index (χ0v) is 13.1. The molecule has 116 valence electrons. The molecular weight excluding hydrogens is 264 g/mol. The molecule has 2 atom stereocenters. The zero-order valence-electron chi connectivity index (χ0n) is 13.1. The predicted molar refractivity (Wildman–Crippen MR) is 83.9 cm³/mol. The van der Waals surface area contributed by atoms with Crippen molar-refractivity contribution in [3.05, 3.63) is 23.3 Å². The maximum atomic E-state index is 6.09. The van der Waals surface area contributed by atoms with Crippen molar-refractivity contribution < 1.29 is 9.47 Å². The Morgan fingerprint density at radius 2 is 2.29 bits per heavy atom. The van der Waals surface area contributed by atoms with Gasteiger partial charge in [0.15, 0.2) is 0 Å². The second-order valence-electron chi connectivity index (χ2n) is 6.27. The van der Waals surface area contributed by atoms with Gasteiger partial charge in [-0.05, 0) is 45.4 Å². The van der Waals surface area contributed by atoms with Crippen molar-refractivity contribution in [1.82, 2.24) is 4.90 Å². The molecule has 2 aliphatic heterocycles. The van der Waals surface area contributed by atoms with Crippen LogP contribution in [0.25, 0.3) is 0 Å². The van der Waals surface area contributed by atoms with Gasteiger partial charge >= 0.3 is 0 Å². The quantitative estimate of drug-likeness (QED) is 0.924.